The zero-order valence-corrected chi connectivity index (χ0v) is 14.9. The largest absolute Gasteiger partial charge is 0.0776 e. The first-order valence-electron chi connectivity index (χ1n) is 7.47. The van der Waals surface area contributed by atoms with Gasteiger partial charge >= 0.3 is 0 Å². The number of hydrogen-bond acceptors (Lipinski definition) is 0. The minimum absolute atomic E-state index is 0. The van der Waals surface area contributed by atoms with Gasteiger partial charge in [-0.15, -0.1) is 0 Å². The molecule has 0 radical (unpaired) electrons. The summed E-state index contributed by atoms with van der Waals surface area (Å²) in [5.41, 5.74) is 4.92. The van der Waals surface area contributed by atoms with E-state index >= 15 is 0 Å². The van der Waals surface area contributed by atoms with Crippen LogP contribution in [0.15, 0.2) is 34.9 Å². The van der Waals surface area contributed by atoms with E-state index in [2.05, 4.69) is 65.9 Å². The Labute approximate surface area is 128 Å². The van der Waals surface area contributed by atoms with Crippen molar-refractivity contribution in [3.63, 3.8) is 0 Å². The van der Waals surface area contributed by atoms with Crippen LogP contribution in [0.1, 0.15) is 54.4 Å². The highest BCUT2D eigenvalue weighted by atomic mass is 31.2. The van der Waals surface area contributed by atoms with Crippen molar-refractivity contribution in [3.05, 3.63) is 34.9 Å². The molecule has 0 saturated carbocycles. The van der Waals surface area contributed by atoms with Crippen LogP contribution in [0, 0.1) is 5.41 Å². The van der Waals surface area contributed by atoms with Crippen LogP contribution in [-0.4, -0.2) is 26.2 Å². The summed E-state index contributed by atoms with van der Waals surface area (Å²) in [6, 6.07) is 0. The molecule has 20 heavy (non-hydrogen) atoms. The summed E-state index contributed by atoms with van der Waals surface area (Å²) < 4.78 is 0. The first-order chi connectivity index (χ1) is 8.62. The van der Waals surface area contributed by atoms with Crippen molar-refractivity contribution in [1.29, 1.82) is 0 Å². The van der Waals surface area contributed by atoms with Crippen LogP contribution in [0.3, 0.4) is 0 Å². The van der Waals surface area contributed by atoms with E-state index in [4.69, 9.17) is 0 Å². The van der Waals surface area contributed by atoms with Gasteiger partial charge < -0.3 is 0 Å². The van der Waals surface area contributed by atoms with E-state index in [1.54, 1.807) is 11.1 Å². The molecule has 0 amide bonds. The van der Waals surface area contributed by atoms with Crippen LogP contribution < -0.4 is 0 Å². The minimum atomic E-state index is -0.685. The van der Waals surface area contributed by atoms with Gasteiger partial charge in [-0.25, -0.2) is 0 Å². The van der Waals surface area contributed by atoms with E-state index in [1.165, 1.54) is 31.0 Å². The Hall–Kier alpha value is -0.350. The second-order valence-electron chi connectivity index (χ2n) is 7.69. The van der Waals surface area contributed by atoms with E-state index in [1.807, 2.05) is 0 Å². The van der Waals surface area contributed by atoms with E-state index in [-0.39, 0.29) is 7.43 Å². The molecule has 0 nitrogen and oxygen atoms in total. The first-order valence-corrected chi connectivity index (χ1v) is 10.8. The summed E-state index contributed by atoms with van der Waals surface area (Å²) in [6.45, 7) is 16.5. The molecule has 1 heteroatoms. The third kappa shape index (κ3) is 6.40. The molecule has 0 bridgehead atoms. The lowest BCUT2D eigenvalue weighted by Crippen LogP contribution is -2.19. The van der Waals surface area contributed by atoms with Crippen molar-refractivity contribution < 1.29 is 0 Å². The molecule has 1 aliphatic carbocycles. The summed E-state index contributed by atoms with van der Waals surface area (Å²) in [5.74, 6) is 0. The molecule has 0 fully saturated rings. The van der Waals surface area contributed by atoms with Gasteiger partial charge in [0.15, 0.2) is 0 Å². The molecule has 1 rings (SSSR count). The van der Waals surface area contributed by atoms with Crippen LogP contribution >= 0.6 is 7.26 Å². The molecule has 0 aromatic carbocycles. The van der Waals surface area contributed by atoms with Crippen molar-refractivity contribution in [2.75, 3.05) is 26.2 Å². The third-order valence-electron chi connectivity index (χ3n) is 4.02. The summed E-state index contributed by atoms with van der Waals surface area (Å²) in [7, 11) is -0.685. The smallest absolute Gasteiger partial charge is 0.0771 e. The number of rotatable bonds is 4. The molecule has 0 spiro atoms. The molecule has 0 N–H and O–H groups in total. The molecule has 0 heterocycles. The van der Waals surface area contributed by atoms with Gasteiger partial charge in [0.1, 0.15) is 0 Å². The standard InChI is InChI=1S/C18H32P.CH4/c1-15(12-14-19(5,6)7)10-11-17-16(2)9-8-13-18(17,3)4;/h10-12H,8-9,13-14H2,1-7H3;1H4/q+1;/b11-10+,15-12-;. The van der Waals surface area contributed by atoms with Crippen molar-refractivity contribution in [1.82, 2.24) is 0 Å². The lowest BCUT2D eigenvalue weighted by molar-refractivity contribution is 0.377. The van der Waals surface area contributed by atoms with Crippen molar-refractivity contribution >= 4 is 7.26 Å². The SMILES string of the molecule is C.CC1=C(/C=C/C(C)=C\C[P+](C)(C)C)C(C)(C)CCC1. The Morgan fingerprint density at radius 1 is 1.25 bits per heavy atom. The Morgan fingerprint density at radius 2 is 1.85 bits per heavy atom. The quantitative estimate of drug-likeness (QED) is 0.407. The second-order valence-corrected chi connectivity index (χ2v) is 12.6. The monoisotopic (exact) mass is 295 g/mol. The van der Waals surface area contributed by atoms with Crippen LogP contribution in [0.5, 0.6) is 0 Å². The zero-order valence-electron chi connectivity index (χ0n) is 14.0. The van der Waals surface area contributed by atoms with Gasteiger partial charge in [-0.1, -0.05) is 44.6 Å². The molecule has 0 atom stereocenters. The Balaban J connectivity index is 0.00000361. The third-order valence-corrected chi connectivity index (χ3v) is 5.29. The zero-order chi connectivity index (χ0) is 14.7. The summed E-state index contributed by atoms with van der Waals surface area (Å²) >= 11 is 0. The molecule has 0 aliphatic heterocycles. The van der Waals surface area contributed by atoms with Crippen molar-refractivity contribution in [3.8, 4) is 0 Å². The van der Waals surface area contributed by atoms with Gasteiger partial charge in [0.05, 0.1) is 6.16 Å². The maximum absolute atomic E-state index is 2.41. The lowest BCUT2D eigenvalue weighted by atomic mass is 9.72. The van der Waals surface area contributed by atoms with E-state index in [0.29, 0.717) is 5.41 Å². The summed E-state index contributed by atoms with van der Waals surface area (Å²) in [6.07, 6.45) is 12.3. The number of allylic oxidation sites excluding steroid dienone is 6. The van der Waals surface area contributed by atoms with Gasteiger partial charge in [0.2, 0.25) is 0 Å². The van der Waals surface area contributed by atoms with Gasteiger partial charge in [0.25, 0.3) is 0 Å². The van der Waals surface area contributed by atoms with Crippen molar-refractivity contribution in [2.45, 2.75) is 54.4 Å². The predicted octanol–water partition coefficient (Wildman–Crippen LogP) is 6.56. The van der Waals surface area contributed by atoms with E-state index < -0.39 is 7.26 Å². The normalized spacial score (nSPS) is 20.2. The highest BCUT2D eigenvalue weighted by molar-refractivity contribution is 7.73. The average Bonchev–Trinajstić information content (AvgIpc) is 2.23. The Morgan fingerprint density at radius 3 is 2.35 bits per heavy atom. The summed E-state index contributed by atoms with van der Waals surface area (Å²) in [4.78, 5) is 0. The molecule has 0 saturated heterocycles. The van der Waals surface area contributed by atoms with Crippen LogP contribution in [-0.2, 0) is 0 Å². The first kappa shape index (κ1) is 19.7. The van der Waals surface area contributed by atoms with Crippen molar-refractivity contribution in [2.24, 2.45) is 5.41 Å². The van der Waals surface area contributed by atoms with Gasteiger partial charge in [-0.3, -0.25) is 0 Å². The summed E-state index contributed by atoms with van der Waals surface area (Å²) in [5, 5.41) is 0. The second kappa shape index (κ2) is 7.60. The highest BCUT2D eigenvalue weighted by Gasteiger charge is 2.26. The lowest BCUT2D eigenvalue weighted by Gasteiger charge is -2.32. The van der Waals surface area contributed by atoms with Gasteiger partial charge in [0, 0.05) is 27.3 Å². The molecule has 1 aliphatic rings. The van der Waals surface area contributed by atoms with Crippen LogP contribution in [0.25, 0.3) is 0 Å². The fraction of sp³-hybridized carbons (Fsp3) is 0.684. The molecule has 116 valence electrons. The number of hydrogen-bond donors (Lipinski definition) is 0. The minimum Gasteiger partial charge on any atom is -0.0776 e. The van der Waals surface area contributed by atoms with Crippen LogP contribution in [0.4, 0.5) is 0 Å². The Bertz CT molecular complexity index is 400. The van der Waals surface area contributed by atoms with Gasteiger partial charge in [-0.2, -0.15) is 0 Å². The molecular weight excluding hydrogens is 259 g/mol. The topological polar surface area (TPSA) is 0 Å². The maximum atomic E-state index is 2.41. The molecule has 0 aromatic rings. The fourth-order valence-electron chi connectivity index (χ4n) is 2.71. The highest BCUT2D eigenvalue weighted by Crippen LogP contribution is 2.46. The Kier molecular flexibility index (Phi) is 7.47. The maximum Gasteiger partial charge on any atom is 0.0771 e. The fourth-order valence-corrected chi connectivity index (χ4v) is 3.55. The molecular formula is C19H36P+. The predicted molar refractivity (Wildman–Crippen MR) is 99.5 cm³/mol. The van der Waals surface area contributed by atoms with Crippen LogP contribution in [0.2, 0.25) is 0 Å². The molecule has 0 unspecified atom stereocenters. The van der Waals surface area contributed by atoms with E-state index in [9.17, 15) is 0 Å². The van der Waals surface area contributed by atoms with Gasteiger partial charge in [-0.05, 0) is 50.2 Å². The average molecular weight is 295 g/mol. The van der Waals surface area contributed by atoms with E-state index in [0.717, 1.165) is 0 Å². The molecule has 0 aromatic heterocycles.